The maximum Gasteiger partial charge on any atom is 0.335 e. The predicted molar refractivity (Wildman–Crippen MR) is 107 cm³/mol. The Morgan fingerprint density at radius 2 is 1.59 bits per heavy atom. The van der Waals surface area contributed by atoms with Crippen molar-refractivity contribution in [3.8, 4) is 5.75 Å². The first-order chi connectivity index (χ1) is 14.0. The van der Waals surface area contributed by atoms with E-state index in [4.69, 9.17) is 9.84 Å². The van der Waals surface area contributed by atoms with E-state index in [1.54, 1.807) is 12.1 Å². The molecule has 1 saturated carbocycles. The first-order valence-electron chi connectivity index (χ1n) is 9.59. The summed E-state index contributed by atoms with van der Waals surface area (Å²) in [5.74, 6) is -0.570. The predicted octanol–water partition coefficient (Wildman–Crippen LogP) is 1.94. The standard InChI is InChI=1S/C22H24N2O5/c25-20(13-16-1-5-17(6-2-16)22(27)28)23-12-11-15-3-9-19(10-4-15)29-14-21(26)24-18-7-8-18/h1-6,9-10,18H,7-8,11-14H2,(H,23,25)(H,24,26)(H,27,28). The number of rotatable bonds is 10. The van der Waals surface area contributed by atoms with E-state index in [0.717, 1.165) is 24.0 Å². The van der Waals surface area contributed by atoms with E-state index in [2.05, 4.69) is 10.6 Å². The van der Waals surface area contributed by atoms with Crippen LogP contribution in [-0.4, -0.2) is 42.1 Å². The van der Waals surface area contributed by atoms with Gasteiger partial charge in [-0.3, -0.25) is 9.59 Å². The summed E-state index contributed by atoms with van der Waals surface area (Å²) in [6, 6.07) is 14.0. The lowest BCUT2D eigenvalue weighted by Gasteiger charge is -2.08. The Kier molecular flexibility index (Phi) is 6.84. The quantitative estimate of drug-likeness (QED) is 0.569. The molecule has 2 aromatic rings. The van der Waals surface area contributed by atoms with Gasteiger partial charge in [0.1, 0.15) is 5.75 Å². The molecule has 7 nitrogen and oxygen atoms in total. The zero-order valence-electron chi connectivity index (χ0n) is 16.0. The molecule has 0 unspecified atom stereocenters. The fourth-order valence-corrected chi connectivity index (χ4v) is 2.76. The maximum atomic E-state index is 12.0. The Labute approximate surface area is 169 Å². The molecule has 0 aliphatic heterocycles. The number of aromatic carboxylic acids is 1. The van der Waals surface area contributed by atoms with Crippen LogP contribution < -0.4 is 15.4 Å². The van der Waals surface area contributed by atoms with Crippen LogP contribution in [0.3, 0.4) is 0 Å². The molecule has 3 N–H and O–H groups in total. The molecule has 3 rings (SSSR count). The highest BCUT2D eigenvalue weighted by atomic mass is 16.5. The molecule has 1 fully saturated rings. The Hall–Kier alpha value is -3.35. The smallest absolute Gasteiger partial charge is 0.335 e. The van der Waals surface area contributed by atoms with E-state index in [9.17, 15) is 14.4 Å². The van der Waals surface area contributed by atoms with Gasteiger partial charge >= 0.3 is 5.97 Å². The number of carbonyl (C=O) groups excluding carboxylic acids is 2. The summed E-state index contributed by atoms with van der Waals surface area (Å²) >= 11 is 0. The number of hydrogen-bond donors (Lipinski definition) is 3. The van der Waals surface area contributed by atoms with E-state index in [-0.39, 0.29) is 30.4 Å². The van der Waals surface area contributed by atoms with E-state index >= 15 is 0 Å². The van der Waals surface area contributed by atoms with E-state index < -0.39 is 5.97 Å². The van der Waals surface area contributed by atoms with Crippen molar-refractivity contribution in [1.82, 2.24) is 10.6 Å². The molecular formula is C22H24N2O5. The van der Waals surface area contributed by atoms with Crippen LogP contribution in [0.25, 0.3) is 0 Å². The van der Waals surface area contributed by atoms with Crippen molar-refractivity contribution in [2.75, 3.05) is 13.2 Å². The number of amides is 2. The lowest BCUT2D eigenvalue weighted by Crippen LogP contribution is -2.30. The molecule has 0 spiro atoms. The molecule has 0 atom stereocenters. The molecule has 1 aliphatic carbocycles. The molecule has 0 saturated heterocycles. The van der Waals surface area contributed by atoms with Gasteiger partial charge in [-0.05, 0) is 54.7 Å². The number of benzene rings is 2. The third kappa shape index (κ3) is 6.95. The molecule has 0 radical (unpaired) electrons. The van der Waals surface area contributed by atoms with Gasteiger partial charge in [0.2, 0.25) is 5.91 Å². The molecule has 2 amide bonds. The molecular weight excluding hydrogens is 372 g/mol. The van der Waals surface area contributed by atoms with Gasteiger partial charge in [0.25, 0.3) is 5.91 Å². The van der Waals surface area contributed by atoms with Gasteiger partial charge in [0.15, 0.2) is 6.61 Å². The molecule has 0 bridgehead atoms. The highest BCUT2D eigenvalue weighted by molar-refractivity contribution is 5.87. The van der Waals surface area contributed by atoms with Crippen LogP contribution in [-0.2, 0) is 22.4 Å². The van der Waals surface area contributed by atoms with Crippen molar-refractivity contribution in [1.29, 1.82) is 0 Å². The minimum atomic E-state index is -0.987. The number of carbonyl (C=O) groups is 3. The average molecular weight is 396 g/mol. The zero-order chi connectivity index (χ0) is 20.6. The normalized spacial score (nSPS) is 12.8. The summed E-state index contributed by atoms with van der Waals surface area (Å²) in [6.45, 7) is 0.509. The summed E-state index contributed by atoms with van der Waals surface area (Å²) in [5, 5.41) is 14.6. The molecule has 0 heterocycles. The Morgan fingerprint density at radius 3 is 2.21 bits per heavy atom. The topological polar surface area (TPSA) is 105 Å². The van der Waals surface area contributed by atoms with Gasteiger partial charge in [-0.2, -0.15) is 0 Å². The molecule has 0 aromatic heterocycles. The van der Waals surface area contributed by atoms with Crippen molar-refractivity contribution in [3.63, 3.8) is 0 Å². The summed E-state index contributed by atoms with van der Waals surface area (Å²) in [5.41, 5.74) is 2.01. The van der Waals surface area contributed by atoms with Gasteiger partial charge < -0.3 is 20.5 Å². The minimum absolute atomic E-state index is 0.0132. The van der Waals surface area contributed by atoms with E-state index in [1.165, 1.54) is 12.1 Å². The van der Waals surface area contributed by atoms with Crippen LogP contribution in [0.4, 0.5) is 0 Å². The number of ether oxygens (including phenoxy) is 1. The van der Waals surface area contributed by atoms with Crippen LogP contribution in [0, 0.1) is 0 Å². The first-order valence-corrected chi connectivity index (χ1v) is 9.59. The van der Waals surface area contributed by atoms with Gasteiger partial charge in [0, 0.05) is 12.6 Å². The third-order valence-corrected chi connectivity index (χ3v) is 4.54. The van der Waals surface area contributed by atoms with Gasteiger partial charge in [-0.1, -0.05) is 24.3 Å². The van der Waals surface area contributed by atoms with Gasteiger partial charge in [-0.15, -0.1) is 0 Å². The number of hydrogen-bond acceptors (Lipinski definition) is 4. The SMILES string of the molecule is O=C(Cc1ccc(C(=O)O)cc1)NCCc1ccc(OCC(=O)NC2CC2)cc1. The van der Waals surface area contributed by atoms with Crippen LogP contribution in [0.5, 0.6) is 5.75 Å². The van der Waals surface area contributed by atoms with Crippen LogP contribution in [0.15, 0.2) is 48.5 Å². The lowest BCUT2D eigenvalue weighted by atomic mass is 10.1. The van der Waals surface area contributed by atoms with Gasteiger partial charge in [0.05, 0.1) is 12.0 Å². The van der Waals surface area contributed by atoms with Crippen LogP contribution >= 0.6 is 0 Å². The van der Waals surface area contributed by atoms with Crippen molar-refractivity contribution in [3.05, 3.63) is 65.2 Å². The second-order valence-electron chi connectivity index (χ2n) is 7.05. The van der Waals surface area contributed by atoms with E-state index in [0.29, 0.717) is 24.8 Å². The van der Waals surface area contributed by atoms with Crippen LogP contribution in [0.2, 0.25) is 0 Å². The number of carboxylic acids is 1. The van der Waals surface area contributed by atoms with E-state index in [1.807, 2.05) is 24.3 Å². The Morgan fingerprint density at radius 1 is 0.931 bits per heavy atom. The number of nitrogens with one attached hydrogen (secondary N) is 2. The molecule has 1 aliphatic rings. The first kappa shape index (κ1) is 20.4. The van der Waals surface area contributed by atoms with Gasteiger partial charge in [-0.25, -0.2) is 4.79 Å². The molecule has 7 heteroatoms. The molecule has 152 valence electrons. The second-order valence-corrected chi connectivity index (χ2v) is 7.05. The second kappa shape index (κ2) is 9.73. The lowest BCUT2D eigenvalue weighted by molar-refractivity contribution is -0.123. The zero-order valence-corrected chi connectivity index (χ0v) is 16.0. The van der Waals surface area contributed by atoms with Crippen molar-refractivity contribution in [2.24, 2.45) is 0 Å². The highest BCUT2D eigenvalue weighted by Gasteiger charge is 2.23. The van der Waals surface area contributed by atoms with Crippen LogP contribution in [0.1, 0.15) is 34.3 Å². The monoisotopic (exact) mass is 396 g/mol. The summed E-state index contributed by atoms with van der Waals surface area (Å²) in [4.78, 5) is 34.5. The average Bonchev–Trinajstić information content (AvgIpc) is 3.52. The Bertz CT molecular complexity index is 858. The fraction of sp³-hybridized carbons (Fsp3) is 0.318. The highest BCUT2D eigenvalue weighted by Crippen LogP contribution is 2.18. The summed E-state index contributed by atoms with van der Waals surface area (Å²) in [7, 11) is 0. The minimum Gasteiger partial charge on any atom is -0.484 e. The van der Waals surface area contributed by atoms with Crippen molar-refractivity contribution in [2.45, 2.75) is 31.7 Å². The molecule has 2 aromatic carbocycles. The van der Waals surface area contributed by atoms with Crippen molar-refractivity contribution >= 4 is 17.8 Å². The molecule has 29 heavy (non-hydrogen) atoms. The van der Waals surface area contributed by atoms with Crippen molar-refractivity contribution < 1.29 is 24.2 Å². The summed E-state index contributed by atoms with van der Waals surface area (Å²) in [6.07, 6.45) is 2.98. The maximum absolute atomic E-state index is 12.0. The largest absolute Gasteiger partial charge is 0.484 e. The third-order valence-electron chi connectivity index (χ3n) is 4.54. The Balaban J connectivity index is 1.35. The number of carboxylic acid groups (broad SMARTS) is 1. The fourth-order valence-electron chi connectivity index (χ4n) is 2.76. The summed E-state index contributed by atoms with van der Waals surface area (Å²) < 4.78 is 5.47.